The number of anilines is 3. The van der Waals surface area contributed by atoms with Crippen LogP contribution in [-0.4, -0.2) is 42.3 Å². The summed E-state index contributed by atoms with van der Waals surface area (Å²) in [5.74, 6) is 0.753. The van der Waals surface area contributed by atoms with Crippen LogP contribution in [0.15, 0.2) is 30.6 Å². The lowest BCUT2D eigenvalue weighted by molar-refractivity contribution is -0.383. The molecule has 2 aromatic rings. The van der Waals surface area contributed by atoms with Crippen LogP contribution in [0.25, 0.3) is 0 Å². The number of para-hydroxylation sites is 2. The summed E-state index contributed by atoms with van der Waals surface area (Å²) in [5, 5.41) is 17.2. The van der Waals surface area contributed by atoms with Gasteiger partial charge in [-0.1, -0.05) is 12.1 Å². The average Bonchev–Trinajstić information content (AvgIpc) is 2.55. The van der Waals surface area contributed by atoms with E-state index in [0.29, 0.717) is 24.6 Å². The molecule has 2 N–H and O–H groups in total. The van der Waals surface area contributed by atoms with Crippen LogP contribution < -0.4 is 15.4 Å². The number of nitrogens with zero attached hydrogens (tertiary/aromatic N) is 3. The van der Waals surface area contributed by atoms with Gasteiger partial charge in [0.2, 0.25) is 11.6 Å². The van der Waals surface area contributed by atoms with Crippen LogP contribution in [0.2, 0.25) is 0 Å². The molecule has 0 radical (unpaired) electrons. The second-order valence-corrected chi connectivity index (χ2v) is 4.42. The molecule has 23 heavy (non-hydrogen) atoms. The molecule has 0 unspecified atom stereocenters. The zero-order valence-electron chi connectivity index (χ0n) is 12.8. The number of benzene rings is 1. The van der Waals surface area contributed by atoms with Gasteiger partial charge in [0.05, 0.1) is 24.3 Å². The zero-order chi connectivity index (χ0) is 16.7. The highest BCUT2D eigenvalue weighted by Crippen LogP contribution is 2.33. The Balaban J connectivity index is 2.34. The molecule has 0 aliphatic carbocycles. The van der Waals surface area contributed by atoms with E-state index in [4.69, 9.17) is 9.47 Å². The molecule has 9 heteroatoms. The number of ether oxygens (including phenoxy) is 2. The van der Waals surface area contributed by atoms with Crippen LogP contribution in [-0.2, 0) is 4.74 Å². The third-order valence-corrected chi connectivity index (χ3v) is 2.96. The van der Waals surface area contributed by atoms with Gasteiger partial charge in [-0.3, -0.25) is 10.1 Å². The van der Waals surface area contributed by atoms with Crippen molar-refractivity contribution in [3.63, 3.8) is 0 Å². The fourth-order valence-corrected chi connectivity index (χ4v) is 1.92. The summed E-state index contributed by atoms with van der Waals surface area (Å²) in [6, 6.07) is 7.07. The van der Waals surface area contributed by atoms with Gasteiger partial charge in [-0.25, -0.2) is 9.97 Å². The van der Waals surface area contributed by atoms with Gasteiger partial charge in [-0.15, -0.1) is 0 Å². The third-order valence-electron chi connectivity index (χ3n) is 2.96. The van der Waals surface area contributed by atoms with Gasteiger partial charge in [0.25, 0.3) is 0 Å². The van der Waals surface area contributed by atoms with Crippen LogP contribution in [0.3, 0.4) is 0 Å². The molecule has 0 atom stereocenters. The van der Waals surface area contributed by atoms with Crippen molar-refractivity contribution in [3.05, 3.63) is 40.7 Å². The zero-order valence-corrected chi connectivity index (χ0v) is 12.8. The van der Waals surface area contributed by atoms with Crippen LogP contribution >= 0.6 is 0 Å². The lowest BCUT2D eigenvalue weighted by atomic mass is 10.3. The summed E-state index contributed by atoms with van der Waals surface area (Å²) in [6.45, 7) is 0.791. The third kappa shape index (κ3) is 4.04. The van der Waals surface area contributed by atoms with E-state index in [-0.39, 0.29) is 17.3 Å². The standard InChI is InChI=1S/C14H17N5O4/c1-22-8-7-15-13-12(19(20)21)14(17-9-16-13)18-10-5-3-4-6-11(10)23-2/h3-6,9H,7-8H2,1-2H3,(H2,15,16,17,18). The number of nitrogens with one attached hydrogen (secondary N) is 2. The quantitative estimate of drug-likeness (QED) is 0.432. The highest BCUT2D eigenvalue weighted by molar-refractivity contribution is 5.75. The van der Waals surface area contributed by atoms with Gasteiger partial charge in [0.1, 0.15) is 12.1 Å². The first-order chi connectivity index (χ1) is 11.2. The van der Waals surface area contributed by atoms with Crippen LogP contribution in [0.5, 0.6) is 5.75 Å². The first kappa shape index (κ1) is 16.4. The Morgan fingerprint density at radius 2 is 1.96 bits per heavy atom. The second kappa shape index (κ2) is 7.90. The minimum Gasteiger partial charge on any atom is -0.495 e. The van der Waals surface area contributed by atoms with Crippen molar-refractivity contribution in [3.8, 4) is 5.75 Å². The van der Waals surface area contributed by atoms with Crippen molar-refractivity contribution in [2.24, 2.45) is 0 Å². The summed E-state index contributed by atoms with van der Waals surface area (Å²) in [7, 11) is 3.07. The molecule has 0 bridgehead atoms. The summed E-state index contributed by atoms with van der Waals surface area (Å²) in [6.07, 6.45) is 1.25. The molecule has 0 amide bonds. The predicted molar refractivity (Wildman–Crippen MR) is 85.3 cm³/mol. The minimum absolute atomic E-state index is 0.0782. The van der Waals surface area contributed by atoms with E-state index in [1.165, 1.54) is 13.4 Å². The minimum atomic E-state index is -0.535. The Kier molecular flexibility index (Phi) is 5.64. The fourth-order valence-electron chi connectivity index (χ4n) is 1.92. The molecule has 1 aromatic heterocycles. The lowest BCUT2D eigenvalue weighted by Crippen LogP contribution is -2.12. The highest BCUT2D eigenvalue weighted by atomic mass is 16.6. The topological polar surface area (TPSA) is 111 Å². The van der Waals surface area contributed by atoms with Crippen molar-refractivity contribution in [2.75, 3.05) is 38.0 Å². The largest absolute Gasteiger partial charge is 0.495 e. The Labute approximate surface area is 132 Å². The van der Waals surface area contributed by atoms with Gasteiger partial charge < -0.3 is 20.1 Å². The summed E-state index contributed by atoms with van der Waals surface area (Å²) < 4.78 is 10.1. The van der Waals surface area contributed by atoms with Crippen molar-refractivity contribution in [2.45, 2.75) is 0 Å². The van der Waals surface area contributed by atoms with Gasteiger partial charge >= 0.3 is 5.69 Å². The fraction of sp³-hybridized carbons (Fsp3) is 0.286. The van der Waals surface area contributed by atoms with E-state index in [0.717, 1.165) is 0 Å². The maximum absolute atomic E-state index is 11.4. The maximum atomic E-state index is 11.4. The Hall–Kier alpha value is -2.94. The summed E-state index contributed by atoms with van der Waals surface area (Å²) in [4.78, 5) is 18.8. The van der Waals surface area contributed by atoms with Gasteiger partial charge in [-0.05, 0) is 12.1 Å². The summed E-state index contributed by atoms with van der Waals surface area (Å²) in [5.41, 5.74) is 0.328. The van der Waals surface area contributed by atoms with Crippen molar-refractivity contribution in [1.29, 1.82) is 0 Å². The van der Waals surface area contributed by atoms with E-state index in [2.05, 4.69) is 20.6 Å². The molecule has 122 valence electrons. The van der Waals surface area contributed by atoms with Gasteiger partial charge in [-0.2, -0.15) is 0 Å². The number of rotatable bonds is 8. The normalized spacial score (nSPS) is 10.2. The molecule has 0 aliphatic rings. The molecule has 1 aromatic carbocycles. The monoisotopic (exact) mass is 319 g/mol. The van der Waals surface area contributed by atoms with Crippen molar-refractivity contribution in [1.82, 2.24) is 9.97 Å². The second-order valence-electron chi connectivity index (χ2n) is 4.42. The first-order valence-corrected chi connectivity index (χ1v) is 6.79. The van der Waals surface area contributed by atoms with Crippen LogP contribution in [0.1, 0.15) is 0 Å². The highest BCUT2D eigenvalue weighted by Gasteiger charge is 2.23. The van der Waals surface area contributed by atoms with E-state index < -0.39 is 4.92 Å². The Morgan fingerprint density at radius 3 is 2.65 bits per heavy atom. The summed E-state index contributed by atoms with van der Waals surface area (Å²) >= 11 is 0. The molecule has 0 spiro atoms. The molecule has 0 fully saturated rings. The van der Waals surface area contributed by atoms with Gasteiger partial charge in [0, 0.05) is 13.7 Å². The molecule has 1 heterocycles. The number of hydrogen-bond acceptors (Lipinski definition) is 8. The van der Waals surface area contributed by atoms with Crippen LogP contribution in [0, 0.1) is 10.1 Å². The smallest absolute Gasteiger partial charge is 0.353 e. The SMILES string of the molecule is COCCNc1ncnc(Nc2ccccc2OC)c1[N+](=O)[O-]. The van der Waals surface area contributed by atoms with Crippen molar-refractivity contribution >= 4 is 23.0 Å². The van der Waals surface area contributed by atoms with E-state index in [9.17, 15) is 10.1 Å². The van der Waals surface area contributed by atoms with E-state index in [1.54, 1.807) is 31.4 Å². The van der Waals surface area contributed by atoms with Gasteiger partial charge in [0.15, 0.2) is 0 Å². The lowest BCUT2D eigenvalue weighted by Gasteiger charge is -2.12. The molecule has 0 saturated heterocycles. The average molecular weight is 319 g/mol. The molecule has 0 saturated carbocycles. The number of nitro groups is 1. The number of methoxy groups -OCH3 is 2. The van der Waals surface area contributed by atoms with Crippen LogP contribution in [0.4, 0.5) is 23.0 Å². The number of hydrogen-bond donors (Lipinski definition) is 2. The Bertz CT molecular complexity index is 680. The molecule has 9 nitrogen and oxygen atoms in total. The molecule has 2 rings (SSSR count). The first-order valence-electron chi connectivity index (χ1n) is 6.79. The maximum Gasteiger partial charge on any atom is 0.353 e. The number of aromatic nitrogens is 2. The Morgan fingerprint density at radius 1 is 1.22 bits per heavy atom. The van der Waals surface area contributed by atoms with E-state index in [1.807, 2.05) is 0 Å². The molecule has 0 aliphatic heterocycles. The molecular weight excluding hydrogens is 302 g/mol. The molecular formula is C14H17N5O4. The predicted octanol–water partition coefficient (Wildman–Crippen LogP) is 2.20. The van der Waals surface area contributed by atoms with Crippen molar-refractivity contribution < 1.29 is 14.4 Å². The van der Waals surface area contributed by atoms with E-state index >= 15 is 0 Å².